The molecule has 0 spiro atoms. The number of aliphatic hydroxyl groups is 1. The second kappa shape index (κ2) is 15.6. The number of likely N-dealkylation sites (N-methyl/N-ethyl adjacent to an activating group) is 1. The third kappa shape index (κ3) is 8.23. The lowest BCUT2D eigenvalue weighted by Crippen LogP contribution is -2.46. The fourth-order valence-corrected chi connectivity index (χ4v) is 6.60. The molecule has 6 rings (SSSR count). The molecule has 1 saturated heterocycles. The number of nitrogens with one attached hydrogen (secondary N) is 1. The predicted octanol–water partition coefficient (Wildman–Crippen LogP) is 4.87. The Morgan fingerprint density at radius 3 is 2.63 bits per heavy atom. The van der Waals surface area contributed by atoms with Crippen molar-refractivity contribution >= 4 is 30.9 Å². The number of aliphatic hydroxyl groups excluding tert-OH is 1. The molecule has 1 saturated carbocycles. The molecule has 1 atom stereocenters. The second-order valence-corrected chi connectivity index (χ2v) is 12.9. The van der Waals surface area contributed by atoms with E-state index in [1.807, 2.05) is 25.1 Å². The molecule has 10 nitrogen and oxygen atoms in total. The van der Waals surface area contributed by atoms with Gasteiger partial charge in [0.25, 0.3) is 0 Å². The Kier molecular flexibility index (Phi) is 11.6. The van der Waals surface area contributed by atoms with E-state index in [0.29, 0.717) is 37.6 Å². The zero-order valence-electron chi connectivity index (χ0n) is 27.6. The molecule has 0 amide bonds. The number of pyridine rings is 1. The van der Waals surface area contributed by atoms with Crippen molar-refractivity contribution in [1.29, 1.82) is 0 Å². The van der Waals surface area contributed by atoms with Crippen LogP contribution in [-0.4, -0.2) is 88.6 Å². The Bertz CT molecular complexity index is 1470. The van der Waals surface area contributed by atoms with E-state index in [0.717, 1.165) is 99.5 Å². The van der Waals surface area contributed by atoms with Crippen molar-refractivity contribution in [3.8, 4) is 5.75 Å². The van der Waals surface area contributed by atoms with Gasteiger partial charge in [0.05, 0.1) is 11.8 Å². The number of hydrogen-bond acceptors (Lipinski definition) is 10. The number of Topliss-reactive ketones (excluding diaryl/α,β-unsaturated/α-hetero) is 1. The summed E-state index contributed by atoms with van der Waals surface area (Å²) in [6.45, 7) is 13.7. The molecule has 4 heterocycles. The molecule has 2 N–H and O–H groups in total. The molecule has 1 aliphatic carbocycles. The maximum Gasteiger partial charge on any atom is 0.181 e. The van der Waals surface area contributed by atoms with Crippen molar-refractivity contribution in [1.82, 2.24) is 19.8 Å². The van der Waals surface area contributed by atoms with Crippen LogP contribution >= 0.6 is 13.5 Å². The van der Waals surface area contributed by atoms with Gasteiger partial charge in [-0.25, -0.2) is 9.97 Å². The number of β-amino-alcohol motifs (C(OH)–C–C–N with tert-alkyl or cyclic N) is 1. The smallest absolute Gasteiger partial charge is 0.181 e. The molecule has 0 radical (unpaired) electrons. The zero-order valence-corrected chi connectivity index (χ0v) is 28.6. The number of benzene rings is 1. The van der Waals surface area contributed by atoms with E-state index in [1.165, 1.54) is 23.9 Å². The minimum Gasteiger partial charge on any atom is -0.485 e. The maximum atomic E-state index is 13.4. The standard InChI is InChI=1S/C35H48N6O4.H2S/c1-4-39-14-16-41(17-15-39)35-19-27(18-34(38-35)37-28-6-5-7-28)31(43)10-9-29(42)21-40-13-12-30-24(2)32(11-8-26(30)20-40)44-22-33-25(3)36-23-45-33;/h8,11,18-19,23,28-29,42H,4-7,9-10,12-17,20-22H2,1-3H3,(H,37,38);1H2/t29-;/m0./s1. The van der Waals surface area contributed by atoms with E-state index >= 15 is 0 Å². The lowest BCUT2D eigenvalue weighted by atomic mass is 9.93. The molecule has 0 unspecified atom stereocenters. The average Bonchev–Trinajstić information content (AvgIpc) is 3.45. The van der Waals surface area contributed by atoms with Crippen LogP contribution < -0.4 is 15.0 Å². The van der Waals surface area contributed by atoms with Crippen molar-refractivity contribution in [3.63, 3.8) is 0 Å². The first-order valence-corrected chi connectivity index (χ1v) is 16.7. The molecule has 46 heavy (non-hydrogen) atoms. The van der Waals surface area contributed by atoms with Crippen molar-refractivity contribution in [2.75, 3.05) is 56.0 Å². The first-order chi connectivity index (χ1) is 21.9. The third-order valence-corrected chi connectivity index (χ3v) is 9.83. The highest BCUT2D eigenvalue weighted by Gasteiger charge is 2.24. The lowest BCUT2D eigenvalue weighted by molar-refractivity contribution is 0.0836. The monoisotopic (exact) mass is 650 g/mol. The van der Waals surface area contributed by atoms with Gasteiger partial charge in [-0.1, -0.05) is 13.0 Å². The summed E-state index contributed by atoms with van der Waals surface area (Å²) in [6, 6.07) is 8.46. The topological polar surface area (TPSA) is 107 Å². The number of anilines is 2. The summed E-state index contributed by atoms with van der Waals surface area (Å²) in [5.74, 6) is 3.34. The number of ether oxygens (including phenoxy) is 1. The Morgan fingerprint density at radius 1 is 1.13 bits per heavy atom. The van der Waals surface area contributed by atoms with Crippen LogP contribution in [0.4, 0.5) is 11.6 Å². The van der Waals surface area contributed by atoms with Crippen molar-refractivity contribution in [2.45, 2.75) is 84.6 Å². The van der Waals surface area contributed by atoms with Gasteiger partial charge in [0.2, 0.25) is 0 Å². The first kappa shape index (κ1) is 34.2. The van der Waals surface area contributed by atoms with E-state index in [1.54, 1.807) is 0 Å². The van der Waals surface area contributed by atoms with Crippen LogP contribution in [0, 0.1) is 13.8 Å². The van der Waals surface area contributed by atoms with Crippen LogP contribution in [0.5, 0.6) is 5.75 Å². The predicted molar refractivity (Wildman–Crippen MR) is 186 cm³/mol. The Labute approximate surface area is 280 Å². The number of carbonyl (C=O) groups is 1. The molecule has 11 heteroatoms. The number of aromatic nitrogens is 2. The summed E-state index contributed by atoms with van der Waals surface area (Å²) >= 11 is 0. The van der Waals surface area contributed by atoms with Crippen LogP contribution in [0.25, 0.3) is 0 Å². The molecule has 2 fully saturated rings. The van der Waals surface area contributed by atoms with E-state index in [4.69, 9.17) is 14.1 Å². The van der Waals surface area contributed by atoms with E-state index in [-0.39, 0.29) is 19.3 Å². The summed E-state index contributed by atoms with van der Waals surface area (Å²) in [5, 5.41) is 14.5. The molecule has 3 aromatic rings. The average molecular weight is 651 g/mol. The fourth-order valence-electron chi connectivity index (χ4n) is 6.60. The first-order valence-electron chi connectivity index (χ1n) is 16.7. The van der Waals surface area contributed by atoms with Gasteiger partial charge in [-0.05, 0) is 87.4 Å². The molecule has 1 aromatic carbocycles. The van der Waals surface area contributed by atoms with Crippen molar-refractivity contribution in [2.24, 2.45) is 0 Å². The van der Waals surface area contributed by atoms with Gasteiger partial charge < -0.3 is 29.4 Å². The Balaban J connectivity index is 0.00000417. The van der Waals surface area contributed by atoms with Gasteiger partial charge >= 0.3 is 0 Å². The minimum atomic E-state index is -0.569. The Hall–Kier alpha value is -3.12. The van der Waals surface area contributed by atoms with Gasteiger partial charge in [-0.3, -0.25) is 9.69 Å². The number of oxazole rings is 1. The van der Waals surface area contributed by atoms with Crippen LogP contribution in [0.15, 0.2) is 35.1 Å². The molecule has 250 valence electrons. The van der Waals surface area contributed by atoms with Gasteiger partial charge in [0.1, 0.15) is 24.0 Å². The molecule has 0 bridgehead atoms. The largest absolute Gasteiger partial charge is 0.485 e. The maximum absolute atomic E-state index is 13.4. The van der Waals surface area contributed by atoms with Gasteiger partial charge in [0, 0.05) is 63.8 Å². The number of piperazine rings is 1. The minimum absolute atomic E-state index is 0. The van der Waals surface area contributed by atoms with Crippen LogP contribution in [0.2, 0.25) is 0 Å². The van der Waals surface area contributed by atoms with Crippen molar-refractivity contribution in [3.05, 3.63) is 64.4 Å². The number of hydrogen-bond donors (Lipinski definition) is 2. The van der Waals surface area contributed by atoms with E-state index in [9.17, 15) is 9.90 Å². The molecule has 2 aliphatic heterocycles. The van der Waals surface area contributed by atoms with Crippen LogP contribution in [0.3, 0.4) is 0 Å². The number of rotatable bonds is 13. The number of nitrogens with zero attached hydrogens (tertiary/aromatic N) is 5. The Morgan fingerprint density at radius 2 is 1.93 bits per heavy atom. The second-order valence-electron chi connectivity index (χ2n) is 12.9. The van der Waals surface area contributed by atoms with Gasteiger partial charge in [-0.15, -0.1) is 0 Å². The number of fused-ring (bicyclic) bond motifs is 1. The summed E-state index contributed by atoms with van der Waals surface area (Å²) in [6.07, 6.45) is 6.06. The molecule has 3 aliphatic rings. The molecule has 2 aromatic heterocycles. The SMILES string of the molecule is CCN1CCN(c2cc(C(=O)CC[C@H](O)CN3CCc4c(ccc(OCc5ocnc5C)c4C)C3)cc(NC3CCC3)n2)CC1.S. The number of carbonyl (C=O) groups excluding carboxylic acids is 1. The van der Waals surface area contributed by atoms with Gasteiger partial charge in [0.15, 0.2) is 17.9 Å². The summed E-state index contributed by atoms with van der Waals surface area (Å²) in [7, 11) is 0. The third-order valence-electron chi connectivity index (χ3n) is 9.83. The molecular formula is C35H50N6O4S. The highest BCUT2D eigenvalue weighted by molar-refractivity contribution is 7.59. The summed E-state index contributed by atoms with van der Waals surface area (Å²) < 4.78 is 11.5. The fraction of sp³-hybridized carbons (Fsp3) is 0.571. The van der Waals surface area contributed by atoms with E-state index < -0.39 is 6.10 Å². The lowest BCUT2D eigenvalue weighted by Gasteiger charge is -2.35. The highest BCUT2D eigenvalue weighted by atomic mass is 32.1. The number of ketones is 1. The summed E-state index contributed by atoms with van der Waals surface area (Å²) in [4.78, 5) is 29.5. The van der Waals surface area contributed by atoms with Crippen LogP contribution in [-0.2, 0) is 19.6 Å². The van der Waals surface area contributed by atoms with E-state index in [2.05, 4.69) is 44.9 Å². The van der Waals surface area contributed by atoms with Gasteiger partial charge in [-0.2, -0.15) is 13.5 Å². The van der Waals surface area contributed by atoms with Crippen molar-refractivity contribution < 1.29 is 19.1 Å². The summed E-state index contributed by atoms with van der Waals surface area (Å²) in [5.41, 5.74) is 5.27. The highest BCUT2D eigenvalue weighted by Crippen LogP contribution is 2.31. The normalized spacial score (nSPS) is 18.0. The quantitative estimate of drug-likeness (QED) is 0.249. The molecular weight excluding hydrogens is 600 g/mol. The zero-order chi connectivity index (χ0) is 31.3. The number of aryl methyl sites for hydroxylation is 1. The van der Waals surface area contributed by atoms with Crippen LogP contribution in [0.1, 0.15) is 77.5 Å².